The van der Waals surface area contributed by atoms with Crippen molar-refractivity contribution in [3.05, 3.63) is 35.9 Å². The van der Waals surface area contributed by atoms with Crippen molar-refractivity contribution in [2.24, 2.45) is 5.41 Å². The van der Waals surface area contributed by atoms with E-state index in [1.165, 1.54) is 10.9 Å². The van der Waals surface area contributed by atoms with Crippen LogP contribution in [0.15, 0.2) is 30.3 Å². The number of rotatable bonds is 6. The van der Waals surface area contributed by atoms with E-state index in [2.05, 4.69) is 44.3 Å². The number of anilines is 1. The molecule has 0 saturated carbocycles. The SMILES string of the molecule is COCCC(C)(C)CNc1nc2ccccc2cc1C. The van der Waals surface area contributed by atoms with Crippen molar-refractivity contribution in [2.45, 2.75) is 27.2 Å². The number of nitrogens with zero attached hydrogens (tertiary/aromatic N) is 1. The molecule has 3 heteroatoms. The largest absolute Gasteiger partial charge is 0.385 e. The number of aromatic nitrogens is 1. The molecule has 0 bridgehead atoms. The predicted octanol–water partition coefficient (Wildman–Crippen LogP) is 4.02. The van der Waals surface area contributed by atoms with E-state index in [0.717, 1.165) is 30.9 Å². The van der Waals surface area contributed by atoms with E-state index >= 15 is 0 Å². The lowest BCUT2D eigenvalue weighted by Crippen LogP contribution is -2.25. The molecule has 0 fully saturated rings. The smallest absolute Gasteiger partial charge is 0.129 e. The Morgan fingerprint density at radius 2 is 2.00 bits per heavy atom. The van der Waals surface area contributed by atoms with Crippen LogP contribution in [0.1, 0.15) is 25.8 Å². The molecule has 2 aromatic rings. The van der Waals surface area contributed by atoms with Crippen molar-refractivity contribution in [2.75, 3.05) is 25.6 Å². The Balaban J connectivity index is 2.11. The van der Waals surface area contributed by atoms with E-state index in [9.17, 15) is 0 Å². The normalized spacial score (nSPS) is 11.8. The summed E-state index contributed by atoms with van der Waals surface area (Å²) in [5, 5.41) is 4.68. The van der Waals surface area contributed by atoms with Gasteiger partial charge in [0.15, 0.2) is 0 Å². The monoisotopic (exact) mass is 272 g/mol. The number of methoxy groups -OCH3 is 1. The van der Waals surface area contributed by atoms with Crippen LogP contribution in [0.2, 0.25) is 0 Å². The molecule has 0 saturated heterocycles. The average Bonchev–Trinajstić information content (AvgIpc) is 2.43. The van der Waals surface area contributed by atoms with E-state index in [-0.39, 0.29) is 5.41 Å². The van der Waals surface area contributed by atoms with Crippen LogP contribution in [-0.4, -0.2) is 25.2 Å². The van der Waals surface area contributed by atoms with Gasteiger partial charge in [0.25, 0.3) is 0 Å². The summed E-state index contributed by atoms with van der Waals surface area (Å²) in [5.74, 6) is 0.981. The molecule has 0 aliphatic heterocycles. The first-order valence-electron chi connectivity index (χ1n) is 7.11. The minimum atomic E-state index is 0.190. The molecular formula is C17H24N2O. The van der Waals surface area contributed by atoms with Gasteiger partial charge in [-0.1, -0.05) is 32.0 Å². The predicted molar refractivity (Wildman–Crippen MR) is 85.2 cm³/mol. The van der Waals surface area contributed by atoms with Crippen molar-refractivity contribution < 1.29 is 4.74 Å². The number of ether oxygens (including phenoxy) is 1. The Labute approximate surface area is 121 Å². The van der Waals surface area contributed by atoms with Gasteiger partial charge in [-0.3, -0.25) is 0 Å². The molecule has 0 aliphatic rings. The van der Waals surface area contributed by atoms with Crippen molar-refractivity contribution in [3.8, 4) is 0 Å². The van der Waals surface area contributed by atoms with Gasteiger partial charge in [0, 0.05) is 25.6 Å². The maximum atomic E-state index is 5.17. The Bertz CT molecular complexity index is 578. The molecule has 0 atom stereocenters. The second-order valence-electron chi connectivity index (χ2n) is 6.11. The number of hydrogen-bond acceptors (Lipinski definition) is 3. The fourth-order valence-corrected chi connectivity index (χ4v) is 2.19. The molecule has 0 aliphatic carbocycles. The van der Waals surface area contributed by atoms with E-state index in [1.54, 1.807) is 7.11 Å². The first-order chi connectivity index (χ1) is 9.52. The molecule has 2 rings (SSSR count). The molecule has 20 heavy (non-hydrogen) atoms. The highest BCUT2D eigenvalue weighted by Gasteiger charge is 2.18. The third-order valence-electron chi connectivity index (χ3n) is 3.63. The molecule has 1 aromatic heterocycles. The molecular weight excluding hydrogens is 248 g/mol. The highest BCUT2D eigenvalue weighted by molar-refractivity contribution is 5.81. The van der Waals surface area contributed by atoms with Gasteiger partial charge in [-0.25, -0.2) is 4.98 Å². The Morgan fingerprint density at radius 1 is 1.25 bits per heavy atom. The Hall–Kier alpha value is -1.61. The van der Waals surface area contributed by atoms with Crippen molar-refractivity contribution in [1.29, 1.82) is 0 Å². The molecule has 3 nitrogen and oxygen atoms in total. The number of pyridine rings is 1. The van der Waals surface area contributed by atoms with Crippen LogP contribution in [0.5, 0.6) is 0 Å². The molecule has 1 heterocycles. The van der Waals surface area contributed by atoms with Gasteiger partial charge in [-0.15, -0.1) is 0 Å². The highest BCUT2D eigenvalue weighted by atomic mass is 16.5. The summed E-state index contributed by atoms with van der Waals surface area (Å²) < 4.78 is 5.17. The lowest BCUT2D eigenvalue weighted by molar-refractivity contribution is 0.157. The summed E-state index contributed by atoms with van der Waals surface area (Å²) in [6.07, 6.45) is 1.03. The van der Waals surface area contributed by atoms with Crippen LogP contribution in [0.4, 0.5) is 5.82 Å². The Morgan fingerprint density at radius 3 is 2.75 bits per heavy atom. The summed E-state index contributed by atoms with van der Waals surface area (Å²) in [6.45, 7) is 8.27. The number of aryl methyl sites for hydroxylation is 1. The third kappa shape index (κ3) is 3.70. The van der Waals surface area contributed by atoms with Crippen molar-refractivity contribution >= 4 is 16.7 Å². The summed E-state index contributed by atoms with van der Waals surface area (Å²) in [7, 11) is 1.75. The van der Waals surface area contributed by atoms with Crippen LogP contribution in [0, 0.1) is 12.3 Å². The van der Waals surface area contributed by atoms with Gasteiger partial charge in [-0.05, 0) is 36.5 Å². The summed E-state index contributed by atoms with van der Waals surface area (Å²) in [6, 6.07) is 10.4. The minimum absolute atomic E-state index is 0.190. The lowest BCUT2D eigenvalue weighted by atomic mass is 9.89. The molecule has 108 valence electrons. The van der Waals surface area contributed by atoms with Gasteiger partial charge >= 0.3 is 0 Å². The van der Waals surface area contributed by atoms with Gasteiger partial charge in [0.1, 0.15) is 5.82 Å². The highest BCUT2D eigenvalue weighted by Crippen LogP contribution is 2.24. The second kappa shape index (κ2) is 6.23. The zero-order chi connectivity index (χ0) is 14.6. The van der Waals surface area contributed by atoms with Gasteiger partial charge in [-0.2, -0.15) is 0 Å². The van der Waals surface area contributed by atoms with Crippen LogP contribution in [-0.2, 0) is 4.74 Å². The second-order valence-corrected chi connectivity index (χ2v) is 6.11. The maximum absolute atomic E-state index is 5.17. The quantitative estimate of drug-likeness (QED) is 0.862. The van der Waals surface area contributed by atoms with E-state index < -0.39 is 0 Å². The average molecular weight is 272 g/mol. The standard InChI is InChI=1S/C17H24N2O/c1-13-11-14-7-5-6-8-15(14)19-16(13)18-12-17(2,3)9-10-20-4/h5-8,11H,9-10,12H2,1-4H3,(H,18,19). The zero-order valence-electron chi connectivity index (χ0n) is 12.9. The third-order valence-corrected chi connectivity index (χ3v) is 3.63. The number of hydrogen-bond donors (Lipinski definition) is 1. The van der Waals surface area contributed by atoms with Crippen molar-refractivity contribution in [1.82, 2.24) is 4.98 Å². The van der Waals surface area contributed by atoms with Crippen molar-refractivity contribution in [3.63, 3.8) is 0 Å². The number of para-hydroxylation sites is 1. The van der Waals surface area contributed by atoms with Crippen LogP contribution >= 0.6 is 0 Å². The molecule has 0 unspecified atom stereocenters. The Kier molecular flexibility index (Phi) is 4.61. The van der Waals surface area contributed by atoms with Gasteiger partial charge in [0.05, 0.1) is 5.52 Å². The van der Waals surface area contributed by atoms with Crippen LogP contribution in [0.3, 0.4) is 0 Å². The van der Waals surface area contributed by atoms with Gasteiger partial charge < -0.3 is 10.1 Å². The summed E-state index contributed by atoms with van der Waals surface area (Å²) in [5.41, 5.74) is 2.41. The first kappa shape index (κ1) is 14.8. The summed E-state index contributed by atoms with van der Waals surface area (Å²) in [4.78, 5) is 4.72. The van der Waals surface area contributed by atoms with E-state index in [0.29, 0.717) is 0 Å². The first-order valence-corrected chi connectivity index (χ1v) is 7.11. The zero-order valence-corrected chi connectivity index (χ0v) is 12.9. The summed E-state index contributed by atoms with van der Waals surface area (Å²) >= 11 is 0. The number of benzene rings is 1. The fourth-order valence-electron chi connectivity index (χ4n) is 2.19. The molecule has 1 aromatic carbocycles. The molecule has 0 radical (unpaired) electrons. The van der Waals surface area contributed by atoms with Gasteiger partial charge in [0.2, 0.25) is 0 Å². The topological polar surface area (TPSA) is 34.1 Å². The van der Waals surface area contributed by atoms with Crippen LogP contribution < -0.4 is 5.32 Å². The van der Waals surface area contributed by atoms with E-state index in [4.69, 9.17) is 9.72 Å². The number of fused-ring (bicyclic) bond motifs is 1. The van der Waals surface area contributed by atoms with E-state index in [1.807, 2.05) is 12.1 Å². The lowest BCUT2D eigenvalue weighted by Gasteiger charge is -2.25. The molecule has 1 N–H and O–H groups in total. The number of nitrogens with one attached hydrogen (secondary N) is 1. The fraction of sp³-hybridized carbons (Fsp3) is 0.471. The maximum Gasteiger partial charge on any atom is 0.129 e. The van der Waals surface area contributed by atoms with Crippen LogP contribution in [0.25, 0.3) is 10.9 Å². The molecule has 0 amide bonds. The minimum Gasteiger partial charge on any atom is -0.385 e. The molecule has 0 spiro atoms.